The van der Waals surface area contributed by atoms with E-state index in [0.29, 0.717) is 10.7 Å². The van der Waals surface area contributed by atoms with Gasteiger partial charge in [0, 0.05) is 30.2 Å². The lowest BCUT2D eigenvalue weighted by molar-refractivity contribution is 0.810. The number of nitrogens with one attached hydrogen (secondary N) is 3. The average molecular weight is 366 g/mol. The Bertz CT molecular complexity index is 888. The zero-order valence-electron chi connectivity index (χ0n) is 14.9. The standard InChI is InChI=1S/C19H22N6S/c1-3-25(4-2)18-22-17(23-19(26)24-18)21-16-12-10-15(11-13-16)20-14-8-6-5-7-9-14/h5-13,20H,3-4H2,1-2H3,(H2,21,22,23,24,26). The van der Waals surface area contributed by atoms with Gasteiger partial charge in [0.05, 0.1) is 0 Å². The maximum atomic E-state index is 5.19. The van der Waals surface area contributed by atoms with Crippen LogP contribution in [0.5, 0.6) is 0 Å². The van der Waals surface area contributed by atoms with Crippen molar-refractivity contribution in [1.82, 2.24) is 15.0 Å². The fraction of sp³-hybridized carbons (Fsp3) is 0.211. The molecule has 0 unspecified atom stereocenters. The number of hydrogen-bond acceptors (Lipinski definition) is 6. The second kappa shape index (κ2) is 8.44. The van der Waals surface area contributed by atoms with E-state index in [2.05, 4.69) is 44.3 Å². The Labute approximate surface area is 158 Å². The van der Waals surface area contributed by atoms with E-state index < -0.39 is 0 Å². The van der Waals surface area contributed by atoms with Crippen molar-refractivity contribution in [2.45, 2.75) is 13.8 Å². The van der Waals surface area contributed by atoms with Gasteiger partial charge in [0.2, 0.25) is 16.7 Å². The summed E-state index contributed by atoms with van der Waals surface area (Å²) in [5.74, 6) is 1.30. The molecule has 7 heteroatoms. The maximum Gasteiger partial charge on any atom is 0.225 e. The zero-order valence-corrected chi connectivity index (χ0v) is 15.7. The summed E-state index contributed by atoms with van der Waals surface area (Å²) in [5.41, 5.74) is 2.98. The van der Waals surface area contributed by atoms with Crippen molar-refractivity contribution in [3.8, 4) is 0 Å². The van der Waals surface area contributed by atoms with Crippen LogP contribution in [0.1, 0.15) is 13.8 Å². The summed E-state index contributed by atoms with van der Waals surface area (Å²) in [6.07, 6.45) is 0. The molecule has 0 fully saturated rings. The minimum atomic E-state index is 0.315. The molecule has 0 saturated heterocycles. The first kappa shape index (κ1) is 17.9. The van der Waals surface area contributed by atoms with Crippen LogP contribution in [0.2, 0.25) is 0 Å². The van der Waals surface area contributed by atoms with Gasteiger partial charge in [-0.3, -0.25) is 4.98 Å². The zero-order chi connectivity index (χ0) is 18.4. The number of nitrogens with zero attached hydrogens (tertiary/aromatic N) is 3. The van der Waals surface area contributed by atoms with Crippen LogP contribution in [-0.2, 0) is 0 Å². The first-order valence-corrected chi connectivity index (χ1v) is 9.01. The number of aromatic nitrogens is 3. The summed E-state index contributed by atoms with van der Waals surface area (Å²) in [6.45, 7) is 5.85. The Hall–Kier alpha value is -2.93. The van der Waals surface area contributed by atoms with E-state index in [4.69, 9.17) is 12.2 Å². The highest BCUT2D eigenvalue weighted by Gasteiger charge is 2.07. The largest absolute Gasteiger partial charge is 0.356 e. The fourth-order valence-electron chi connectivity index (χ4n) is 2.57. The smallest absolute Gasteiger partial charge is 0.225 e. The lowest BCUT2D eigenvalue weighted by Gasteiger charge is -2.19. The number of anilines is 5. The Kier molecular flexibility index (Phi) is 5.80. The third-order valence-corrected chi connectivity index (χ3v) is 4.09. The normalized spacial score (nSPS) is 10.4. The minimum Gasteiger partial charge on any atom is -0.356 e. The van der Waals surface area contributed by atoms with Gasteiger partial charge < -0.3 is 15.5 Å². The molecule has 0 aliphatic carbocycles. The van der Waals surface area contributed by atoms with E-state index in [-0.39, 0.29) is 0 Å². The van der Waals surface area contributed by atoms with Crippen LogP contribution < -0.4 is 15.5 Å². The summed E-state index contributed by atoms with van der Waals surface area (Å²) < 4.78 is 0.315. The van der Waals surface area contributed by atoms with Crippen molar-refractivity contribution in [2.75, 3.05) is 28.6 Å². The molecule has 6 nitrogen and oxygen atoms in total. The van der Waals surface area contributed by atoms with Crippen LogP contribution in [0.4, 0.5) is 29.0 Å². The summed E-state index contributed by atoms with van der Waals surface area (Å²) in [5, 5.41) is 6.61. The predicted octanol–water partition coefficient (Wildman–Crippen LogP) is 4.87. The Morgan fingerprint density at radius 1 is 0.846 bits per heavy atom. The molecule has 26 heavy (non-hydrogen) atoms. The number of para-hydroxylation sites is 1. The van der Waals surface area contributed by atoms with Crippen molar-refractivity contribution in [3.63, 3.8) is 0 Å². The van der Waals surface area contributed by atoms with Gasteiger partial charge in [0.25, 0.3) is 0 Å². The van der Waals surface area contributed by atoms with Gasteiger partial charge in [0.1, 0.15) is 0 Å². The first-order valence-electron chi connectivity index (χ1n) is 8.60. The SMILES string of the molecule is CCN(CC)c1nc(=S)nc(Nc2ccc(Nc3ccccc3)cc2)[nH]1. The van der Waals surface area contributed by atoms with Gasteiger partial charge in [-0.05, 0) is 62.5 Å². The molecule has 1 heterocycles. The van der Waals surface area contributed by atoms with E-state index in [1.807, 2.05) is 54.6 Å². The highest BCUT2D eigenvalue weighted by Crippen LogP contribution is 2.20. The summed E-state index contributed by atoms with van der Waals surface area (Å²) >= 11 is 5.19. The van der Waals surface area contributed by atoms with E-state index in [1.165, 1.54) is 0 Å². The van der Waals surface area contributed by atoms with Gasteiger partial charge in [0.15, 0.2) is 0 Å². The van der Waals surface area contributed by atoms with Crippen molar-refractivity contribution in [3.05, 3.63) is 59.4 Å². The monoisotopic (exact) mass is 366 g/mol. The highest BCUT2D eigenvalue weighted by molar-refractivity contribution is 7.71. The molecule has 0 spiro atoms. The molecule has 2 aromatic carbocycles. The van der Waals surface area contributed by atoms with Gasteiger partial charge in [-0.1, -0.05) is 18.2 Å². The third kappa shape index (κ3) is 4.58. The second-order valence-corrected chi connectivity index (χ2v) is 6.03. The molecule has 0 amide bonds. The number of rotatable bonds is 7. The molecule has 0 atom stereocenters. The van der Waals surface area contributed by atoms with Crippen LogP contribution >= 0.6 is 12.2 Å². The summed E-state index contributed by atoms with van der Waals surface area (Å²) in [7, 11) is 0. The molecule has 3 rings (SSSR count). The minimum absolute atomic E-state index is 0.315. The Morgan fingerprint density at radius 3 is 2.04 bits per heavy atom. The molecule has 0 radical (unpaired) electrons. The molecule has 3 aromatic rings. The van der Waals surface area contributed by atoms with Crippen LogP contribution in [0.25, 0.3) is 0 Å². The van der Waals surface area contributed by atoms with Crippen LogP contribution in [-0.4, -0.2) is 28.0 Å². The van der Waals surface area contributed by atoms with Crippen molar-refractivity contribution < 1.29 is 0 Å². The van der Waals surface area contributed by atoms with Gasteiger partial charge in [-0.25, -0.2) is 0 Å². The van der Waals surface area contributed by atoms with Crippen molar-refractivity contribution in [2.24, 2.45) is 0 Å². The average Bonchev–Trinajstić information content (AvgIpc) is 2.65. The van der Waals surface area contributed by atoms with E-state index in [1.54, 1.807) is 0 Å². The molecule has 0 bridgehead atoms. The van der Waals surface area contributed by atoms with Gasteiger partial charge in [-0.2, -0.15) is 9.97 Å². The number of aromatic amines is 1. The number of hydrogen-bond donors (Lipinski definition) is 3. The molecular weight excluding hydrogens is 344 g/mol. The summed E-state index contributed by atoms with van der Waals surface area (Å²) in [4.78, 5) is 13.9. The molecule has 134 valence electrons. The van der Waals surface area contributed by atoms with Crippen molar-refractivity contribution in [1.29, 1.82) is 0 Å². The molecular formula is C19H22N6S. The Balaban J connectivity index is 1.74. The lowest BCUT2D eigenvalue weighted by atomic mass is 10.2. The topological polar surface area (TPSA) is 68.9 Å². The lowest BCUT2D eigenvalue weighted by Crippen LogP contribution is -2.24. The van der Waals surface area contributed by atoms with Gasteiger partial charge in [-0.15, -0.1) is 0 Å². The van der Waals surface area contributed by atoms with E-state index >= 15 is 0 Å². The Morgan fingerprint density at radius 2 is 1.42 bits per heavy atom. The maximum absolute atomic E-state index is 5.19. The van der Waals surface area contributed by atoms with Gasteiger partial charge >= 0.3 is 0 Å². The first-order chi connectivity index (χ1) is 12.7. The molecule has 0 saturated carbocycles. The molecule has 0 aliphatic rings. The van der Waals surface area contributed by atoms with Crippen LogP contribution in [0.15, 0.2) is 54.6 Å². The second-order valence-electron chi connectivity index (χ2n) is 5.67. The van der Waals surface area contributed by atoms with Crippen LogP contribution in [0, 0.1) is 4.77 Å². The highest BCUT2D eigenvalue weighted by atomic mass is 32.1. The summed E-state index contributed by atoms with van der Waals surface area (Å²) in [6, 6.07) is 18.1. The fourth-order valence-corrected chi connectivity index (χ4v) is 2.74. The third-order valence-electron chi connectivity index (χ3n) is 3.91. The molecule has 0 aliphatic heterocycles. The van der Waals surface area contributed by atoms with E-state index in [9.17, 15) is 0 Å². The number of H-pyrrole nitrogens is 1. The number of benzene rings is 2. The molecule has 3 N–H and O–H groups in total. The predicted molar refractivity (Wildman–Crippen MR) is 110 cm³/mol. The van der Waals surface area contributed by atoms with Crippen molar-refractivity contribution >= 4 is 41.2 Å². The quantitative estimate of drug-likeness (QED) is 0.519. The van der Waals surface area contributed by atoms with E-state index in [0.717, 1.165) is 36.1 Å². The van der Waals surface area contributed by atoms with Crippen LogP contribution in [0.3, 0.4) is 0 Å². The molecule has 1 aromatic heterocycles.